The van der Waals surface area contributed by atoms with E-state index in [1.807, 2.05) is 38.1 Å². The largest absolute Gasteiger partial charge is 0.307 e. The maximum atomic E-state index is 12.8. The van der Waals surface area contributed by atoms with Crippen LogP contribution in [0.3, 0.4) is 0 Å². The molecule has 0 bridgehead atoms. The number of likely N-dealkylation sites (N-methyl/N-ethyl adjacent to an activating group) is 1. The molecule has 0 aliphatic carbocycles. The smallest absolute Gasteiger partial charge is 0.241 e. The molecule has 0 aliphatic heterocycles. The van der Waals surface area contributed by atoms with Crippen molar-refractivity contribution in [2.24, 2.45) is 0 Å². The Bertz CT molecular complexity index is 821. The number of hydrogen-bond acceptors (Lipinski definition) is 3. The fraction of sp³-hybridized carbons (Fsp3) is 0.333. The van der Waals surface area contributed by atoms with Crippen molar-refractivity contribution in [2.45, 2.75) is 24.3 Å². The van der Waals surface area contributed by atoms with Crippen LogP contribution in [0.4, 0.5) is 0 Å². The van der Waals surface area contributed by atoms with Gasteiger partial charge in [0, 0.05) is 6.54 Å². The van der Waals surface area contributed by atoms with Gasteiger partial charge in [0.15, 0.2) is 0 Å². The Hall–Kier alpha value is -1.11. The quantitative estimate of drug-likeness (QED) is 0.759. The maximum absolute atomic E-state index is 12.8. The Morgan fingerprint density at radius 3 is 2.20 bits per heavy atom. The molecule has 7 heteroatoms. The normalized spacial score (nSPS) is 13.2. The Morgan fingerprint density at radius 2 is 1.68 bits per heavy atom. The highest BCUT2D eigenvalue weighted by atomic mass is 35.5. The third-order valence-electron chi connectivity index (χ3n) is 3.83. The van der Waals surface area contributed by atoms with Crippen molar-refractivity contribution in [3.8, 4) is 0 Å². The lowest BCUT2D eigenvalue weighted by atomic mass is 10.1. The van der Waals surface area contributed by atoms with Gasteiger partial charge in [-0.3, -0.25) is 0 Å². The monoisotopic (exact) mass is 400 g/mol. The van der Waals surface area contributed by atoms with E-state index in [-0.39, 0.29) is 4.90 Å². The molecular formula is C18H22Cl2N2O2S. The molecule has 1 N–H and O–H groups in total. The zero-order valence-electron chi connectivity index (χ0n) is 14.5. The average molecular weight is 401 g/mol. The molecule has 136 valence electrons. The second-order valence-electron chi connectivity index (χ2n) is 6.11. The number of rotatable bonds is 7. The number of sulfonamides is 1. The SMILES string of the molecule is CCc1ccc(S(=O)(=O)N[C@H](CN(C)C)c2ccc(Cl)c(Cl)c2)cc1. The first-order valence-corrected chi connectivity index (χ1v) is 10.2. The summed E-state index contributed by atoms with van der Waals surface area (Å²) in [5, 5.41) is 0.835. The van der Waals surface area contributed by atoms with Gasteiger partial charge in [0.1, 0.15) is 0 Å². The van der Waals surface area contributed by atoms with Gasteiger partial charge in [-0.15, -0.1) is 0 Å². The molecule has 0 aliphatic rings. The van der Waals surface area contributed by atoms with Crippen molar-refractivity contribution < 1.29 is 8.42 Å². The Balaban J connectivity index is 2.32. The minimum Gasteiger partial charge on any atom is -0.307 e. The van der Waals surface area contributed by atoms with Crippen molar-refractivity contribution in [2.75, 3.05) is 20.6 Å². The molecule has 4 nitrogen and oxygen atoms in total. The first-order valence-electron chi connectivity index (χ1n) is 7.94. The highest BCUT2D eigenvalue weighted by Gasteiger charge is 2.22. The van der Waals surface area contributed by atoms with Gasteiger partial charge in [-0.25, -0.2) is 13.1 Å². The van der Waals surface area contributed by atoms with Crippen LogP contribution in [-0.2, 0) is 16.4 Å². The molecule has 0 heterocycles. The van der Waals surface area contributed by atoms with Crippen LogP contribution in [0.25, 0.3) is 0 Å². The van der Waals surface area contributed by atoms with Gasteiger partial charge >= 0.3 is 0 Å². The number of halogens is 2. The summed E-state index contributed by atoms with van der Waals surface area (Å²) < 4.78 is 28.3. The summed E-state index contributed by atoms with van der Waals surface area (Å²) in [6.45, 7) is 2.52. The van der Waals surface area contributed by atoms with Gasteiger partial charge in [-0.2, -0.15) is 0 Å². The molecule has 2 aromatic rings. The minimum atomic E-state index is -3.65. The number of benzene rings is 2. The molecule has 2 aromatic carbocycles. The summed E-state index contributed by atoms with van der Waals surface area (Å²) in [6.07, 6.45) is 0.861. The minimum absolute atomic E-state index is 0.244. The first kappa shape index (κ1) is 20.2. The predicted molar refractivity (Wildman–Crippen MR) is 104 cm³/mol. The molecule has 25 heavy (non-hydrogen) atoms. The fourth-order valence-electron chi connectivity index (χ4n) is 2.46. The van der Waals surface area contributed by atoms with E-state index in [9.17, 15) is 8.42 Å². The third-order valence-corrected chi connectivity index (χ3v) is 6.06. The van der Waals surface area contributed by atoms with Gasteiger partial charge in [-0.1, -0.05) is 48.3 Å². The van der Waals surface area contributed by atoms with Gasteiger partial charge in [0.2, 0.25) is 10.0 Å². The van der Waals surface area contributed by atoms with E-state index >= 15 is 0 Å². The molecular weight excluding hydrogens is 379 g/mol. The molecule has 2 rings (SSSR count). The van der Waals surface area contributed by atoms with Crippen LogP contribution in [0.5, 0.6) is 0 Å². The van der Waals surface area contributed by atoms with Crippen LogP contribution in [0.2, 0.25) is 10.0 Å². The summed E-state index contributed by atoms with van der Waals surface area (Å²) in [5.41, 5.74) is 1.85. The predicted octanol–water partition coefficient (Wildman–Crippen LogP) is 4.14. The standard InChI is InChI=1S/C18H22Cl2N2O2S/c1-4-13-5-8-15(9-6-13)25(23,24)21-18(12-22(2)3)14-7-10-16(19)17(20)11-14/h5-11,18,21H,4,12H2,1-3H3/t18-/m1/s1. The third kappa shape index (κ3) is 5.43. The van der Waals surface area contributed by atoms with Gasteiger partial charge in [0.25, 0.3) is 0 Å². The van der Waals surface area contributed by atoms with Gasteiger partial charge in [0.05, 0.1) is 21.0 Å². The Kier molecular flexibility index (Phi) is 6.88. The van der Waals surface area contributed by atoms with E-state index < -0.39 is 16.1 Å². The van der Waals surface area contributed by atoms with E-state index in [1.54, 1.807) is 30.3 Å². The second kappa shape index (κ2) is 8.52. The number of hydrogen-bond donors (Lipinski definition) is 1. The number of nitrogens with one attached hydrogen (secondary N) is 1. The van der Waals surface area contributed by atoms with Crippen LogP contribution in [-0.4, -0.2) is 34.0 Å². The molecule has 0 spiro atoms. The molecule has 0 fully saturated rings. The van der Waals surface area contributed by atoms with E-state index in [0.717, 1.165) is 17.5 Å². The fourth-order valence-corrected chi connectivity index (χ4v) is 3.99. The van der Waals surface area contributed by atoms with Crippen LogP contribution in [0, 0.1) is 0 Å². The lowest BCUT2D eigenvalue weighted by Crippen LogP contribution is -2.35. The van der Waals surface area contributed by atoms with E-state index in [2.05, 4.69) is 4.72 Å². The van der Waals surface area contributed by atoms with Gasteiger partial charge in [-0.05, 0) is 55.9 Å². The molecule has 0 saturated carbocycles. The second-order valence-corrected chi connectivity index (χ2v) is 8.64. The van der Waals surface area contributed by atoms with Crippen LogP contribution in [0.15, 0.2) is 47.4 Å². The molecule has 0 radical (unpaired) electrons. The average Bonchev–Trinajstić information content (AvgIpc) is 2.56. The van der Waals surface area contributed by atoms with Crippen LogP contribution >= 0.6 is 23.2 Å². The molecule has 0 amide bonds. The summed E-state index contributed by atoms with van der Waals surface area (Å²) in [5.74, 6) is 0. The molecule has 0 saturated heterocycles. The number of nitrogens with zero attached hydrogens (tertiary/aromatic N) is 1. The van der Waals surface area contributed by atoms with E-state index in [1.165, 1.54) is 0 Å². The summed E-state index contributed by atoms with van der Waals surface area (Å²) in [6, 6.07) is 11.6. The molecule has 1 atom stereocenters. The molecule has 0 aromatic heterocycles. The topological polar surface area (TPSA) is 49.4 Å². The summed E-state index contributed by atoms with van der Waals surface area (Å²) >= 11 is 12.1. The first-order chi connectivity index (χ1) is 11.7. The highest BCUT2D eigenvalue weighted by Crippen LogP contribution is 2.27. The molecule has 0 unspecified atom stereocenters. The van der Waals surface area contributed by atoms with Crippen LogP contribution in [0.1, 0.15) is 24.1 Å². The van der Waals surface area contributed by atoms with Crippen molar-refractivity contribution >= 4 is 33.2 Å². The van der Waals surface area contributed by atoms with Crippen molar-refractivity contribution in [1.82, 2.24) is 9.62 Å². The van der Waals surface area contributed by atoms with Crippen molar-refractivity contribution in [3.63, 3.8) is 0 Å². The lowest BCUT2D eigenvalue weighted by Gasteiger charge is -2.23. The lowest BCUT2D eigenvalue weighted by molar-refractivity contribution is 0.363. The van der Waals surface area contributed by atoms with E-state index in [0.29, 0.717) is 16.6 Å². The summed E-state index contributed by atoms with van der Waals surface area (Å²) in [7, 11) is 0.114. The number of aryl methyl sites for hydroxylation is 1. The van der Waals surface area contributed by atoms with Crippen molar-refractivity contribution in [1.29, 1.82) is 0 Å². The zero-order valence-corrected chi connectivity index (χ0v) is 16.8. The Labute approximate surface area is 159 Å². The zero-order chi connectivity index (χ0) is 18.6. The van der Waals surface area contributed by atoms with E-state index in [4.69, 9.17) is 23.2 Å². The van der Waals surface area contributed by atoms with Crippen LogP contribution < -0.4 is 4.72 Å². The summed E-state index contributed by atoms with van der Waals surface area (Å²) in [4.78, 5) is 2.16. The maximum Gasteiger partial charge on any atom is 0.241 e. The van der Waals surface area contributed by atoms with Gasteiger partial charge < -0.3 is 4.90 Å². The van der Waals surface area contributed by atoms with Crippen molar-refractivity contribution in [3.05, 3.63) is 63.6 Å². The Morgan fingerprint density at radius 1 is 1.04 bits per heavy atom. The highest BCUT2D eigenvalue weighted by molar-refractivity contribution is 7.89.